The number of oxazole rings is 1. The number of esters is 1. The number of carbonyl (C=O) groups is 1. The second kappa shape index (κ2) is 10.4. The number of hydrogen-bond donors (Lipinski definition) is 2. The summed E-state index contributed by atoms with van der Waals surface area (Å²) >= 11 is 0. The zero-order chi connectivity index (χ0) is 23.9. The van der Waals surface area contributed by atoms with E-state index in [1.165, 1.54) is 12.3 Å². The van der Waals surface area contributed by atoms with Crippen molar-refractivity contribution >= 4 is 23.6 Å². The first-order valence-corrected chi connectivity index (χ1v) is 10.3. The number of benzene rings is 2. The highest BCUT2D eigenvalue weighted by Crippen LogP contribution is 2.26. The Morgan fingerprint density at radius 2 is 1.91 bits per heavy atom. The van der Waals surface area contributed by atoms with E-state index in [4.69, 9.17) is 19.6 Å². The lowest BCUT2D eigenvalue weighted by atomic mass is 10.2. The van der Waals surface area contributed by atoms with Gasteiger partial charge in [0.2, 0.25) is 11.9 Å². The minimum atomic E-state index is -0.510. The third kappa shape index (κ3) is 5.63. The lowest BCUT2D eigenvalue weighted by molar-refractivity contribution is -0.145. The Morgan fingerprint density at radius 3 is 2.74 bits per heavy atom. The lowest BCUT2D eigenvalue weighted by Gasteiger charge is -2.10. The zero-order valence-electron chi connectivity index (χ0n) is 18.2. The fraction of sp³-hybridized carbons (Fsp3) is 0.174. The standard InChI is InChI=1S/C23H21FN6O4/c1-32-17-9-5-4-8-16(17)27-23-29-19(28-22(25)30-23)13-33-21(31)11-10-20-26-12-18(34-20)14-6-2-3-7-15(14)24/h2-9,12H,10-11,13H2,1H3,(H3,25,27,28,29,30). The van der Waals surface area contributed by atoms with Gasteiger partial charge >= 0.3 is 5.97 Å². The topological polar surface area (TPSA) is 138 Å². The van der Waals surface area contributed by atoms with Crippen LogP contribution in [0.2, 0.25) is 0 Å². The second-order valence-corrected chi connectivity index (χ2v) is 7.02. The highest BCUT2D eigenvalue weighted by Gasteiger charge is 2.14. The van der Waals surface area contributed by atoms with Crippen molar-refractivity contribution in [1.82, 2.24) is 19.9 Å². The van der Waals surface area contributed by atoms with Crippen LogP contribution < -0.4 is 15.8 Å². The van der Waals surface area contributed by atoms with Gasteiger partial charge in [0, 0.05) is 6.42 Å². The molecule has 0 bridgehead atoms. The number of rotatable bonds is 9. The van der Waals surface area contributed by atoms with Gasteiger partial charge < -0.3 is 24.9 Å². The molecule has 0 aliphatic heterocycles. The molecule has 0 atom stereocenters. The molecule has 174 valence electrons. The summed E-state index contributed by atoms with van der Waals surface area (Å²) in [5.74, 6) is 0.586. The van der Waals surface area contributed by atoms with Gasteiger partial charge in [0.05, 0.1) is 31.0 Å². The van der Waals surface area contributed by atoms with Crippen LogP contribution in [0.5, 0.6) is 5.75 Å². The number of nitrogens with zero attached hydrogens (tertiary/aromatic N) is 4. The van der Waals surface area contributed by atoms with Crippen molar-refractivity contribution in [2.75, 3.05) is 18.2 Å². The van der Waals surface area contributed by atoms with E-state index in [-0.39, 0.29) is 42.9 Å². The van der Waals surface area contributed by atoms with E-state index in [1.807, 2.05) is 12.1 Å². The van der Waals surface area contributed by atoms with Gasteiger partial charge in [-0.05, 0) is 24.3 Å². The maximum absolute atomic E-state index is 13.9. The Bertz CT molecular complexity index is 1300. The Morgan fingerprint density at radius 1 is 1.12 bits per heavy atom. The summed E-state index contributed by atoms with van der Waals surface area (Å²) in [6.45, 7) is -0.196. The quantitative estimate of drug-likeness (QED) is 0.353. The number of aryl methyl sites for hydroxylation is 1. The summed E-state index contributed by atoms with van der Waals surface area (Å²) in [6, 6.07) is 13.4. The fourth-order valence-corrected chi connectivity index (χ4v) is 3.06. The number of anilines is 3. The molecule has 0 aliphatic carbocycles. The van der Waals surface area contributed by atoms with E-state index in [0.29, 0.717) is 22.9 Å². The van der Waals surface area contributed by atoms with Crippen LogP contribution in [-0.2, 0) is 22.6 Å². The molecule has 3 N–H and O–H groups in total. The summed E-state index contributed by atoms with van der Waals surface area (Å²) in [7, 11) is 1.55. The minimum Gasteiger partial charge on any atom is -0.495 e. The smallest absolute Gasteiger partial charge is 0.306 e. The Hall–Kier alpha value is -4.54. The first kappa shape index (κ1) is 22.6. The summed E-state index contributed by atoms with van der Waals surface area (Å²) < 4.78 is 29.9. The van der Waals surface area contributed by atoms with Crippen LogP contribution in [0.15, 0.2) is 59.1 Å². The minimum absolute atomic E-state index is 0.00408. The predicted molar refractivity (Wildman–Crippen MR) is 121 cm³/mol. The zero-order valence-corrected chi connectivity index (χ0v) is 18.2. The maximum Gasteiger partial charge on any atom is 0.306 e. The summed E-state index contributed by atoms with van der Waals surface area (Å²) in [5.41, 5.74) is 6.70. The summed E-state index contributed by atoms with van der Waals surface area (Å²) in [6.07, 6.45) is 1.61. The average Bonchev–Trinajstić information content (AvgIpc) is 3.30. The molecule has 4 rings (SSSR count). The Labute approximate surface area is 194 Å². The Kier molecular flexibility index (Phi) is 6.92. The van der Waals surface area contributed by atoms with Crippen LogP contribution in [0.4, 0.5) is 22.0 Å². The van der Waals surface area contributed by atoms with Crippen molar-refractivity contribution in [2.24, 2.45) is 0 Å². The van der Waals surface area contributed by atoms with Gasteiger partial charge in [0.15, 0.2) is 24.1 Å². The first-order valence-electron chi connectivity index (χ1n) is 10.3. The second-order valence-electron chi connectivity index (χ2n) is 7.02. The Balaban J connectivity index is 1.32. The van der Waals surface area contributed by atoms with Gasteiger partial charge in [-0.3, -0.25) is 4.79 Å². The molecule has 0 fully saturated rings. The molecule has 2 aromatic heterocycles. The highest BCUT2D eigenvalue weighted by atomic mass is 19.1. The van der Waals surface area contributed by atoms with Crippen molar-refractivity contribution in [3.8, 4) is 17.1 Å². The van der Waals surface area contributed by atoms with E-state index in [2.05, 4.69) is 25.3 Å². The highest BCUT2D eigenvalue weighted by molar-refractivity contribution is 5.69. The number of para-hydroxylation sites is 2. The molecule has 0 saturated carbocycles. The predicted octanol–water partition coefficient (Wildman–Crippen LogP) is 3.68. The third-order valence-corrected chi connectivity index (χ3v) is 4.65. The number of aromatic nitrogens is 4. The van der Waals surface area contributed by atoms with Crippen molar-refractivity contribution in [3.05, 3.63) is 72.3 Å². The number of carbonyl (C=O) groups excluding carboxylic acids is 1. The molecule has 34 heavy (non-hydrogen) atoms. The molecule has 0 radical (unpaired) electrons. The van der Waals surface area contributed by atoms with E-state index in [1.54, 1.807) is 37.4 Å². The number of methoxy groups -OCH3 is 1. The molecule has 10 nitrogen and oxygen atoms in total. The molecule has 0 unspecified atom stereocenters. The van der Waals surface area contributed by atoms with E-state index in [9.17, 15) is 9.18 Å². The van der Waals surface area contributed by atoms with Crippen LogP contribution >= 0.6 is 0 Å². The number of nitrogens with one attached hydrogen (secondary N) is 1. The largest absolute Gasteiger partial charge is 0.495 e. The number of ether oxygens (including phenoxy) is 2. The number of nitrogen functional groups attached to an aromatic ring is 1. The number of halogens is 1. The molecule has 0 saturated heterocycles. The molecule has 0 aliphatic rings. The van der Waals surface area contributed by atoms with Crippen LogP contribution in [-0.4, -0.2) is 33.0 Å². The van der Waals surface area contributed by atoms with Crippen molar-refractivity contribution in [3.63, 3.8) is 0 Å². The monoisotopic (exact) mass is 464 g/mol. The molecule has 4 aromatic rings. The molecule has 2 aromatic carbocycles. The number of nitrogens with two attached hydrogens (primary N) is 1. The molecule has 0 amide bonds. The van der Waals surface area contributed by atoms with E-state index in [0.717, 1.165) is 0 Å². The van der Waals surface area contributed by atoms with Crippen LogP contribution in [0, 0.1) is 5.82 Å². The van der Waals surface area contributed by atoms with Gasteiger partial charge in [-0.15, -0.1) is 0 Å². The van der Waals surface area contributed by atoms with Crippen molar-refractivity contribution in [2.45, 2.75) is 19.4 Å². The molecule has 11 heteroatoms. The van der Waals surface area contributed by atoms with E-state index >= 15 is 0 Å². The third-order valence-electron chi connectivity index (χ3n) is 4.65. The van der Waals surface area contributed by atoms with E-state index < -0.39 is 11.8 Å². The fourth-order valence-electron chi connectivity index (χ4n) is 3.06. The van der Waals surface area contributed by atoms with Gasteiger partial charge in [0.25, 0.3) is 0 Å². The molecular weight excluding hydrogens is 443 g/mol. The van der Waals surface area contributed by atoms with Gasteiger partial charge in [-0.1, -0.05) is 24.3 Å². The summed E-state index contributed by atoms with van der Waals surface area (Å²) in [5, 5.41) is 3.00. The van der Waals surface area contributed by atoms with Crippen molar-refractivity contribution < 1.29 is 23.1 Å². The van der Waals surface area contributed by atoms with Gasteiger partial charge in [-0.25, -0.2) is 9.37 Å². The van der Waals surface area contributed by atoms with Gasteiger partial charge in [-0.2, -0.15) is 15.0 Å². The van der Waals surface area contributed by atoms with Gasteiger partial charge in [0.1, 0.15) is 11.6 Å². The number of hydrogen-bond acceptors (Lipinski definition) is 10. The first-order chi connectivity index (χ1) is 16.5. The van der Waals surface area contributed by atoms with Crippen LogP contribution in [0.3, 0.4) is 0 Å². The maximum atomic E-state index is 13.9. The lowest BCUT2D eigenvalue weighted by Crippen LogP contribution is -2.11. The average molecular weight is 464 g/mol. The normalized spacial score (nSPS) is 10.6. The molecule has 2 heterocycles. The van der Waals surface area contributed by atoms with Crippen LogP contribution in [0.1, 0.15) is 18.1 Å². The molecular formula is C23H21FN6O4. The summed E-state index contributed by atoms with van der Waals surface area (Å²) in [4.78, 5) is 28.5. The molecule has 0 spiro atoms. The SMILES string of the molecule is COc1ccccc1Nc1nc(N)nc(COC(=O)CCc2ncc(-c3ccccc3F)o2)n1. The van der Waals surface area contributed by atoms with Crippen molar-refractivity contribution in [1.29, 1.82) is 0 Å². The van der Waals surface area contributed by atoms with Crippen LogP contribution in [0.25, 0.3) is 11.3 Å².